The molecule has 10 nitrogen and oxygen atoms in total. The first-order valence-electron chi connectivity index (χ1n) is 17.1. The lowest BCUT2D eigenvalue weighted by Crippen LogP contribution is -2.57. The summed E-state index contributed by atoms with van der Waals surface area (Å²) in [5, 5.41) is 12.9. The van der Waals surface area contributed by atoms with E-state index in [0.29, 0.717) is 42.0 Å². The van der Waals surface area contributed by atoms with Crippen LogP contribution in [0.1, 0.15) is 56.3 Å². The highest BCUT2D eigenvalue weighted by Crippen LogP contribution is 2.60. The fourth-order valence-corrected chi connectivity index (χ4v) is 9.05. The van der Waals surface area contributed by atoms with Crippen LogP contribution in [0.25, 0.3) is 0 Å². The van der Waals surface area contributed by atoms with Crippen LogP contribution in [0.5, 0.6) is 0 Å². The third-order valence-electron chi connectivity index (χ3n) is 9.93. The van der Waals surface area contributed by atoms with Crippen molar-refractivity contribution in [3.05, 3.63) is 90.0 Å². The van der Waals surface area contributed by atoms with Gasteiger partial charge in [-0.2, -0.15) is 0 Å². The number of carbonyl (C=O) groups is 4. The Kier molecular flexibility index (Phi) is 12.2. The average Bonchev–Trinajstić information content (AvgIpc) is 3.68. The number of aryl methyl sites for hydroxylation is 1. The highest BCUT2D eigenvalue weighted by molar-refractivity contribution is 9.09. The van der Waals surface area contributed by atoms with Gasteiger partial charge in [0, 0.05) is 30.9 Å². The van der Waals surface area contributed by atoms with Gasteiger partial charge in [0.25, 0.3) is 5.91 Å². The van der Waals surface area contributed by atoms with E-state index in [9.17, 15) is 24.3 Å². The summed E-state index contributed by atoms with van der Waals surface area (Å²) < 4.78 is 13.0. The minimum atomic E-state index is -1.34. The zero-order valence-electron chi connectivity index (χ0n) is 28.4. The molecule has 0 aliphatic carbocycles. The fraction of sp³-hybridized carbons (Fsp3) is 0.474. The van der Waals surface area contributed by atoms with E-state index in [1.807, 2.05) is 43.3 Å². The van der Waals surface area contributed by atoms with Crippen LogP contribution in [-0.4, -0.2) is 82.0 Å². The summed E-state index contributed by atoms with van der Waals surface area (Å²) in [6, 6.07) is 12.8. The monoisotopic (exact) mass is 769 g/mol. The van der Waals surface area contributed by atoms with E-state index in [1.54, 1.807) is 31.2 Å². The van der Waals surface area contributed by atoms with Gasteiger partial charge < -0.3 is 29.7 Å². The second kappa shape index (κ2) is 16.2. The third kappa shape index (κ3) is 7.15. The number of nitrogens with one attached hydrogen (secondary N) is 1. The predicted octanol–water partition coefficient (Wildman–Crippen LogP) is 5.44. The minimum Gasteiger partial charge on any atom is -0.455 e. The highest BCUT2D eigenvalue weighted by atomic mass is 79.9. The van der Waals surface area contributed by atoms with Crippen molar-refractivity contribution < 1.29 is 33.8 Å². The van der Waals surface area contributed by atoms with E-state index < -0.39 is 53.6 Å². The number of fused-ring (bicyclic) bond motifs is 1. The zero-order chi connectivity index (χ0) is 36.2. The molecule has 2 N–H and O–H groups in total. The Morgan fingerprint density at radius 1 is 1.18 bits per heavy atom. The van der Waals surface area contributed by atoms with Crippen molar-refractivity contribution in [2.45, 2.75) is 80.7 Å². The first kappa shape index (κ1) is 37.7. The molecule has 3 saturated heterocycles. The molecule has 3 amide bonds. The number of hydrogen-bond acceptors (Lipinski definition) is 7. The largest absolute Gasteiger partial charge is 0.455 e. The number of rotatable bonds is 16. The predicted molar refractivity (Wildman–Crippen MR) is 195 cm³/mol. The second-order valence-corrected chi connectivity index (χ2v) is 14.8. The van der Waals surface area contributed by atoms with Crippen LogP contribution in [0.4, 0.5) is 5.69 Å². The maximum Gasteiger partial charge on any atom is 0.313 e. The molecule has 1 unspecified atom stereocenters. The van der Waals surface area contributed by atoms with E-state index >= 15 is 0 Å². The fourth-order valence-electron chi connectivity index (χ4n) is 7.79. The van der Waals surface area contributed by atoms with Crippen molar-refractivity contribution in [2.75, 3.05) is 24.6 Å². The van der Waals surface area contributed by atoms with E-state index in [1.165, 1.54) is 9.80 Å². The van der Waals surface area contributed by atoms with Gasteiger partial charge in [0.05, 0.1) is 34.7 Å². The summed E-state index contributed by atoms with van der Waals surface area (Å²) >= 11 is 10.4. The highest BCUT2D eigenvalue weighted by Gasteiger charge is 2.77. The smallest absolute Gasteiger partial charge is 0.313 e. The molecule has 3 fully saturated rings. The Morgan fingerprint density at radius 3 is 2.58 bits per heavy atom. The van der Waals surface area contributed by atoms with Crippen molar-refractivity contribution in [3.8, 4) is 0 Å². The summed E-state index contributed by atoms with van der Waals surface area (Å²) in [5.41, 5.74) is 0.623. The molecule has 5 rings (SSSR count). The summed E-state index contributed by atoms with van der Waals surface area (Å²) in [4.78, 5) is 59.3. The van der Waals surface area contributed by atoms with Crippen LogP contribution >= 0.6 is 27.5 Å². The van der Waals surface area contributed by atoms with Crippen molar-refractivity contribution in [3.63, 3.8) is 0 Å². The van der Waals surface area contributed by atoms with E-state index in [4.69, 9.17) is 21.1 Å². The van der Waals surface area contributed by atoms with Crippen LogP contribution in [-0.2, 0) is 28.7 Å². The van der Waals surface area contributed by atoms with Crippen molar-refractivity contribution in [2.24, 2.45) is 11.8 Å². The number of unbranched alkanes of at least 4 members (excludes halogenated alkanes) is 1. The van der Waals surface area contributed by atoms with Crippen LogP contribution < -0.4 is 10.2 Å². The van der Waals surface area contributed by atoms with Gasteiger partial charge in [-0.1, -0.05) is 82.1 Å². The van der Waals surface area contributed by atoms with Crippen LogP contribution in [0, 0.1) is 18.8 Å². The van der Waals surface area contributed by atoms with Crippen molar-refractivity contribution in [1.82, 2.24) is 10.2 Å². The molecular formula is C38H45BrClN3O7. The number of carbonyl (C=O) groups excluding carboxylic acids is 4. The molecule has 268 valence electrons. The number of aliphatic hydroxyl groups excluding tert-OH is 1. The number of hydrogen-bond donors (Lipinski definition) is 2. The topological polar surface area (TPSA) is 125 Å². The average molecular weight is 771 g/mol. The molecule has 3 aliphatic rings. The number of ether oxygens (including phenoxy) is 2. The summed E-state index contributed by atoms with van der Waals surface area (Å²) in [5.74, 6) is -3.64. The van der Waals surface area contributed by atoms with E-state index in [-0.39, 0.29) is 42.8 Å². The Bertz CT molecular complexity index is 1590. The van der Waals surface area contributed by atoms with E-state index in [2.05, 4.69) is 34.4 Å². The van der Waals surface area contributed by atoms with Gasteiger partial charge in [-0.05, 0) is 56.7 Å². The van der Waals surface area contributed by atoms with Gasteiger partial charge in [0.2, 0.25) is 11.8 Å². The van der Waals surface area contributed by atoms with Crippen LogP contribution in [0.3, 0.4) is 0 Å². The van der Waals surface area contributed by atoms with Gasteiger partial charge in [-0.25, -0.2) is 0 Å². The Morgan fingerprint density at radius 2 is 1.92 bits per heavy atom. The molecule has 0 aromatic heterocycles. The number of alkyl halides is 1. The molecule has 0 saturated carbocycles. The van der Waals surface area contributed by atoms with E-state index in [0.717, 1.165) is 5.56 Å². The molecule has 2 bridgehead atoms. The molecule has 1 spiro atoms. The molecule has 0 radical (unpaired) electrons. The molecule has 3 aliphatic heterocycles. The van der Waals surface area contributed by atoms with Gasteiger partial charge in [0.15, 0.2) is 0 Å². The van der Waals surface area contributed by atoms with Crippen molar-refractivity contribution in [1.29, 1.82) is 0 Å². The zero-order valence-corrected chi connectivity index (χ0v) is 30.8. The summed E-state index contributed by atoms with van der Waals surface area (Å²) in [6.45, 7) is 11.4. The quantitative estimate of drug-likeness (QED) is 0.101. The second-order valence-electron chi connectivity index (χ2n) is 13.2. The maximum absolute atomic E-state index is 14.9. The molecule has 12 heteroatoms. The molecule has 3 heterocycles. The van der Waals surface area contributed by atoms with Gasteiger partial charge in [0.1, 0.15) is 17.7 Å². The minimum absolute atomic E-state index is 0.0726. The SMILES string of the molecule is C=CCCC(=O)N[C@H](C)[C@@H](OC(=O)[C@H]1[C@@H]2O[C@@]3(CC2Br)[C@@H]1C(=O)N(CCCCO)[C@@H]3C(=O)N(CC=C)c1c(C)cccc1Cl)c1ccccc1. The Labute approximate surface area is 306 Å². The van der Waals surface area contributed by atoms with Gasteiger partial charge >= 0.3 is 5.97 Å². The number of halogens is 2. The lowest BCUT2D eigenvalue weighted by Gasteiger charge is -2.37. The van der Waals surface area contributed by atoms with Gasteiger partial charge in [-0.3, -0.25) is 19.2 Å². The maximum atomic E-state index is 14.9. The summed E-state index contributed by atoms with van der Waals surface area (Å²) in [7, 11) is 0. The molecular weight excluding hydrogens is 726 g/mol. The third-order valence-corrected chi connectivity index (χ3v) is 11.1. The number of aliphatic hydroxyl groups is 1. The number of anilines is 1. The molecule has 2 aromatic rings. The number of esters is 1. The normalized spacial score (nSPS) is 26.2. The lowest BCUT2D eigenvalue weighted by molar-refractivity contribution is -0.162. The standard InChI is InChI=1S/C38H45BrClN3O7/c1-5-7-18-28(45)41-24(4)32(25-15-9-8-10-16-25)49-37(48)29-30-35(46)43(20-11-12-21-44)34(38(30)22-26(39)33(29)50-38)36(47)42(19-6-2)31-23(3)14-13-17-27(31)40/h5-6,8-10,13-17,24,26,29-30,32-34,44H,1-2,7,11-12,18-22H2,3-4H3,(H,41,45)/t24-,26?,29-,30+,32-,33-,34-,38+/m1/s1. The van der Waals surface area contributed by atoms with Crippen LogP contribution in [0.15, 0.2) is 73.8 Å². The molecule has 8 atom stereocenters. The first-order valence-corrected chi connectivity index (χ1v) is 18.4. The Hall–Kier alpha value is -3.51. The van der Waals surface area contributed by atoms with Crippen molar-refractivity contribution >= 4 is 56.9 Å². The van der Waals surface area contributed by atoms with Gasteiger partial charge in [-0.15, -0.1) is 13.2 Å². The number of allylic oxidation sites excluding steroid dienone is 1. The number of benzene rings is 2. The summed E-state index contributed by atoms with van der Waals surface area (Å²) in [6.07, 6.45) is 3.58. The molecule has 50 heavy (non-hydrogen) atoms. The Balaban J connectivity index is 1.52. The molecule has 2 aromatic carbocycles. The first-order chi connectivity index (χ1) is 24.0. The number of likely N-dealkylation sites (tertiary alicyclic amines) is 1. The number of amides is 3. The lowest BCUT2D eigenvalue weighted by atomic mass is 9.70. The number of nitrogens with zero attached hydrogens (tertiary/aromatic N) is 2. The van der Waals surface area contributed by atoms with Crippen LogP contribution in [0.2, 0.25) is 5.02 Å². The number of para-hydroxylation sites is 1.